The predicted octanol–water partition coefficient (Wildman–Crippen LogP) is 0.00840. The summed E-state index contributed by atoms with van der Waals surface area (Å²) >= 11 is 0. The lowest BCUT2D eigenvalue weighted by molar-refractivity contribution is 0.0898. The molecule has 1 saturated heterocycles. The molecule has 1 fully saturated rings. The third-order valence-electron chi connectivity index (χ3n) is 3.05. The van der Waals surface area contributed by atoms with Crippen molar-refractivity contribution in [3.63, 3.8) is 0 Å². The van der Waals surface area contributed by atoms with Crippen LogP contribution in [0.3, 0.4) is 0 Å². The molecule has 92 valence electrons. The maximum absolute atomic E-state index is 11.2. The van der Waals surface area contributed by atoms with Gasteiger partial charge in [0.1, 0.15) is 12.3 Å². The molecule has 0 amide bonds. The molecule has 0 aromatic carbocycles. The topological polar surface area (TPSA) is 56.7 Å². The van der Waals surface area contributed by atoms with Crippen LogP contribution >= 0.6 is 0 Å². The van der Waals surface area contributed by atoms with E-state index in [2.05, 4.69) is 21.8 Å². The number of carbonyl (C=O) groups excluding carboxylic acids is 1. The van der Waals surface area contributed by atoms with Gasteiger partial charge in [-0.2, -0.15) is 0 Å². The lowest BCUT2D eigenvalue weighted by Gasteiger charge is -2.33. The number of Topliss-reactive ketones (excluding diaryl/α,β-unsaturated/α-hetero) is 1. The number of rotatable bonds is 3. The number of piperazine rings is 1. The first-order chi connectivity index (χ1) is 8.20. The van der Waals surface area contributed by atoms with Gasteiger partial charge in [0.2, 0.25) is 5.78 Å². The molecule has 5 heteroatoms. The molecule has 1 aromatic rings. The summed E-state index contributed by atoms with van der Waals surface area (Å²) in [6, 6.07) is 3.56. The van der Waals surface area contributed by atoms with Crippen LogP contribution in [0.5, 0.6) is 0 Å². The van der Waals surface area contributed by atoms with Gasteiger partial charge in [-0.3, -0.25) is 9.78 Å². The molecule has 2 rings (SSSR count). The summed E-state index contributed by atoms with van der Waals surface area (Å²) in [5.41, 5.74) is 1.36. The molecule has 0 aliphatic carbocycles. The highest BCUT2D eigenvalue weighted by Crippen LogP contribution is 2.15. The number of anilines is 1. The number of carbonyl (C=O) groups is 1. The van der Waals surface area contributed by atoms with Crippen molar-refractivity contribution in [3.05, 3.63) is 24.0 Å². The Balaban J connectivity index is 2.05. The Morgan fingerprint density at radius 2 is 2.06 bits per heavy atom. The second-order valence-corrected chi connectivity index (χ2v) is 4.27. The van der Waals surface area contributed by atoms with Crippen LogP contribution in [0, 0.1) is 0 Å². The van der Waals surface area contributed by atoms with Gasteiger partial charge < -0.3 is 14.9 Å². The number of pyridine rings is 1. The number of aromatic nitrogens is 1. The number of aliphatic hydroxyl groups is 1. The fourth-order valence-electron chi connectivity index (χ4n) is 1.88. The van der Waals surface area contributed by atoms with Crippen LogP contribution in [0.25, 0.3) is 0 Å². The van der Waals surface area contributed by atoms with Crippen LogP contribution in [0.15, 0.2) is 18.3 Å². The lowest BCUT2D eigenvalue weighted by atomic mass is 10.2. The summed E-state index contributed by atoms with van der Waals surface area (Å²) < 4.78 is 0. The average molecular weight is 235 g/mol. The number of nitrogens with zero attached hydrogens (tertiary/aromatic N) is 3. The molecule has 0 atom stereocenters. The molecule has 0 saturated carbocycles. The zero-order chi connectivity index (χ0) is 12.3. The van der Waals surface area contributed by atoms with E-state index in [9.17, 15) is 4.79 Å². The molecular formula is C12H17N3O2. The molecule has 1 aromatic heterocycles. The van der Waals surface area contributed by atoms with E-state index >= 15 is 0 Å². The van der Waals surface area contributed by atoms with Gasteiger partial charge in [-0.1, -0.05) is 0 Å². The molecular weight excluding hydrogens is 218 g/mol. The molecule has 0 bridgehead atoms. The fraction of sp³-hybridized carbons (Fsp3) is 0.500. The predicted molar refractivity (Wildman–Crippen MR) is 65.4 cm³/mol. The minimum atomic E-state index is -0.485. The van der Waals surface area contributed by atoms with E-state index in [-0.39, 0.29) is 5.78 Å². The van der Waals surface area contributed by atoms with E-state index in [0.29, 0.717) is 5.69 Å². The number of likely N-dealkylation sites (N-methyl/N-ethyl adjacent to an activating group) is 1. The van der Waals surface area contributed by atoms with Gasteiger partial charge in [0, 0.05) is 26.2 Å². The van der Waals surface area contributed by atoms with Gasteiger partial charge in [0.25, 0.3) is 0 Å². The first-order valence-corrected chi connectivity index (χ1v) is 5.74. The number of ketones is 1. The van der Waals surface area contributed by atoms with Crippen LogP contribution in [0.4, 0.5) is 5.69 Å². The van der Waals surface area contributed by atoms with Gasteiger partial charge in [-0.05, 0) is 19.2 Å². The number of hydrogen-bond donors (Lipinski definition) is 1. The Hall–Kier alpha value is -1.46. The van der Waals surface area contributed by atoms with Crippen LogP contribution < -0.4 is 4.90 Å². The highest BCUT2D eigenvalue weighted by atomic mass is 16.3. The second-order valence-electron chi connectivity index (χ2n) is 4.27. The Labute approximate surface area is 101 Å². The van der Waals surface area contributed by atoms with E-state index in [1.54, 1.807) is 12.3 Å². The summed E-state index contributed by atoms with van der Waals surface area (Å²) in [5, 5.41) is 8.73. The maximum atomic E-state index is 11.2. The molecule has 2 heterocycles. The van der Waals surface area contributed by atoms with Gasteiger partial charge >= 0.3 is 0 Å². The highest BCUT2D eigenvalue weighted by Gasteiger charge is 2.15. The van der Waals surface area contributed by atoms with Crippen LogP contribution in [0.2, 0.25) is 0 Å². The zero-order valence-electron chi connectivity index (χ0n) is 9.96. The van der Waals surface area contributed by atoms with Gasteiger partial charge in [0.15, 0.2) is 0 Å². The van der Waals surface area contributed by atoms with E-state index in [0.717, 1.165) is 31.9 Å². The van der Waals surface area contributed by atoms with Crippen molar-refractivity contribution < 1.29 is 9.90 Å². The smallest absolute Gasteiger partial charge is 0.206 e. The first-order valence-electron chi connectivity index (χ1n) is 5.74. The van der Waals surface area contributed by atoms with Crippen molar-refractivity contribution in [1.29, 1.82) is 0 Å². The number of hydrogen-bond acceptors (Lipinski definition) is 5. The summed E-state index contributed by atoms with van der Waals surface area (Å²) in [6.45, 7) is 3.55. The maximum Gasteiger partial charge on any atom is 0.206 e. The van der Waals surface area contributed by atoms with Crippen molar-refractivity contribution in [3.8, 4) is 0 Å². The normalized spacial score (nSPS) is 17.2. The summed E-state index contributed by atoms with van der Waals surface area (Å²) in [7, 11) is 2.11. The first kappa shape index (κ1) is 12.0. The van der Waals surface area contributed by atoms with E-state index < -0.39 is 6.61 Å². The largest absolute Gasteiger partial charge is 0.388 e. The van der Waals surface area contributed by atoms with Crippen molar-refractivity contribution >= 4 is 11.5 Å². The lowest BCUT2D eigenvalue weighted by Crippen LogP contribution is -2.44. The van der Waals surface area contributed by atoms with Crippen LogP contribution in [-0.4, -0.2) is 60.6 Å². The Kier molecular flexibility index (Phi) is 3.71. The molecule has 0 unspecified atom stereocenters. The third-order valence-corrected chi connectivity index (χ3v) is 3.05. The fourth-order valence-corrected chi connectivity index (χ4v) is 1.88. The average Bonchev–Trinajstić information content (AvgIpc) is 2.39. The second kappa shape index (κ2) is 5.25. The van der Waals surface area contributed by atoms with Gasteiger partial charge in [0.05, 0.1) is 11.9 Å². The standard InChI is InChI=1S/C12H17N3O2/c1-14-4-6-15(7-5-14)10-2-3-11(13-8-10)12(17)9-16/h2-3,8,16H,4-7,9H2,1H3. The summed E-state index contributed by atoms with van der Waals surface area (Å²) in [4.78, 5) is 19.8. The van der Waals surface area contributed by atoms with Crippen LogP contribution in [0.1, 0.15) is 10.5 Å². The van der Waals surface area contributed by atoms with Crippen molar-refractivity contribution in [2.45, 2.75) is 0 Å². The highest BCUT2D eigenvalue weighted by molar-refractivity contribution is 5.95. The Bertz CT molecular complexity index is 383. The van der Waals surface area contributed by atoms with Crippen molar-refractivity contribution in [2.75, 3.05) is 44.7 Å². The van der Waals surface area contributed by atoms with E-state index in [1.165, 1.54) is 0 Å². The molecule has 0 radical (unpaired) electrons. The quantitative estimate of drug-likeness (QED) is 0.748. The molecule has 1 aliphatic rings. The molecule has 17 heavy (non-hydrogen) atoms. The summed E-state index contributed by atoms with van der Waals surface area (Å²) in [5.74, 6) is -0.338. The van der Waals surface area contributed by atoms with Crippen molar-refractivity contribution in [1.82, 2.24) is 9.88 Å². The van der Waals surface area contributed by atoms with E-state index in [1.807, 2.05) is 6.07 Å². The Morgan fingerprint density at radius 1 is 1.35 bits per heavy atom. The third kappa shape index (κ3) is 2.81. The SMILES string of the molecule is CN1CCN(c2ccc(C(=O)CO)nc2)CC1. The molecule has 1 aliphatic heterocycles. The van der Waals surface area contributed by atoms with Crippen molar-refractivity contribution in [2.24, 2.45) is 0 Å². The van der Waals surface area contributed by atoms with Gasteiger partial charge in [-0.15, -0.1) is 0 Å². The summed E-state index contributed by atoms with van der Waals surface area (Å²) in [6.07, 6.45) is 1.70. The molecule has 1 N–H and O–H groups in total. The Morgan fingerprint density at radius 3 is 2.59 bits per heavy atom. The van der Waals surface area contributed by atoms with E-state index in [4.69, 9.17) is 5.11 Å². The molecule has 0 spiro atoms. The minimum Gasteiger partial charge on any atom is -0.388 e. The van der Waals surface area contributed by atoms with Gasteiger partial charge in [-0.25, -0.2) is 0 Å². The monoisotopic (exact) mass is 235 g/mol. The minimum absolute atomic E-state index is 0.324. The zero-order valence-corrected chi connectivity index (χ0v) is 9.96. The number of aliphatic hydroxyl groups excluding tert-OH is 1. The molecule has 5 nitrogen and oxygen atoms in total. The van der Waals surface area contributed by atoms with Crippen LogP contribution in [-0.2, 0) is 0 Å².